The summed E-state index contributed by atoms with van der Waals surface area (Å²) in [5, 5.41) is 0.229. The fourth-order valence-electron chi connectivity index (χ4n) is 3.11. The first kappa shape index (κ1) is 16.0. The van der Waals surface area contributed by atoms with Gasteiger partial charge in [-0.25, -0.2) is 18.4 Å². The van der Waals surface area contributed by atoms with Crippen LogP contribution >= 0.6 is 11.6 Å². The third kappa shape index (κ3) is 3.52. The highest BCUT2D eigenvalue weighted by molar-refractivity contribution is 7.89. The highest BCUT2D eigenvalue weighted by atomic mass is 35.5. The molecule has 8 heteroatoms. The van der Waals surface area contributed by atoms with E-state index in [9.17, 15) is 8.42 Å². The molecule has 1 saturated heterocycles. The maximum atomic E-state index is 12.7. The van der Waals surface area contributed by atoms with E-state index in [4.69, 9.17) is 16.3 Å². The Balaban J connectivity index is 1.60. The van der Waals surface area contributed by atoms with E-state index in [2.05, 4.69) is 9.97 Å². The lowest BCUT2D eigenvalue weighted by Gasteiger charge is -2.26. The predicted molar refractivity (Wildman–Crippen MR) is 83.4 cm³/mol. The van der Waals surface area contributed by atoms with E-state index < -0.39 is 10.0 Å². The van der Waals surface area contributed by atoms with E-state index >= 15 is 0 Å². The number of halogens is 1. The number of nitrogens with zero attached hydrogens (tertiary/aromatic N) is 3. The first-order valence-electron chi connectivity index (χ1n) is 7.69. The van der Waals surface area contributed by atoms with Crippen molar-refractivity contribution in [3.8, 4) is 6.01 Å². The molecule has 0 N–H and O–H groups in total. The summed E-state index contributed by atoms with van der Waals surface area (Å²) in [5.74, 6) is 0. The molecule has 1 aliphatic carbocycles. The van der Waals surface area contributed by atoms with Crippen molar-refractivity contribution < 1.29 is 13.2 Å². The van der Waals surface area contributed by atoms with Gasteiger partial charge in [0.05, 0.1) is 29.2 Å². The van der Waals surface area contributed by atoms with Gasteiger partial charge >= 0.3 is 6.01 Å². The molecule has 0 aromatic carbocycles. The van der Waals surface area contributed by atoms with E-state index in [0.29, 0.717) is 24.5 Å². The van der Waals surface area contributed by atoms with Crippen LogP contribution in [0.5, 0.6) is 6.01 Å². The second-order valence-corrected chi connectivity index (χ2v) is 8.52. The third-order valence-corrected chi connectivity index (χ3v) is 6.87. The largest absolute Gasteiger partial charge is 0.459 e. The van der Waals surface area contributed by atoms with Crippen LogP contribution in [0.25, 0.3) is 0 Å². The Morgan fingerprint density at radius 3 is 2.50 bits per heavy atom. The van der Waals surface area contributed by atoms with E-state index in [1.165, 1.54) is 12.4 Å². The molecule has 2 fully saturated rings. The zero-order valence-corrected chi connectivity index (χ0v) is 13.9. The molecule has 1 atom stereocenters. The molecule has 0 bridgehead atoms. The monoisotopic (exact) mass is 345 g/mol. The molecule has 1 aromatic heterocycles. The Morgan fingerprint density at radius 2 is 1.82 bits per heavy atom. The van der Waals surface area contributed by atoms with E-state index in [-0.39, 0.29) is 17.4 Å². The summed E-state index contributed by atoms with van der Waals surface area (Å²) in [6.07, 6.45) is 8.13. The van der Waals surface area contributed by atoms with Gasteiger partial charge in [0.25, 0.3) is 0 Å². The molecule has 0 radical (unpaired) electrons. The average Bonchev–Trinajstić information content (AvgIpc) is 3.00. The lowest BCUT2D eigenvalue weighted by atomic mass is 10.0. The molecule has 1 aromatic rings. The smallest absolute Gasteiger partial charge is 0.316 e. The van der Waals surface area contributed by atoms with Crippen LogP contribution in [0.4, 0.5) is 0 Å². The fraction of sp³-hybridized carbons (Fsp3) is 0.714. The summed E-state index contributed by atoms with van der Waals surface area (Å²) >= 11 is 5.73. The molecule has 0 unspecified atom stereocenters. The van der Waals surface area contributed by atoms with Gasteiger partial charge in [-0.1, -0.05) is 30.9 Å². The Morgan fingerprint density at radius 1 is 1.14 bits per heavy atom. The minimum atomic E-state index is -3.20. The number of hydrogen-bond donors (Lipinski definition) is 0. The van der Waals surface area contributed by atoms with Crippen LogP contribution in [0.3, 0.4) is 0 Å². The van der Waals surface area contributed by atoms with Gasteiger partial charge in [0.15, 0.2) is 0 Å². The average molecular weight is 346 g/mol. The molecule has 0 amide bonds. The van der Waals surface area contributed by atoms with Crippen LogP contribution in [0.15, 0.2) is 12.4 Å². The maximum absolute atomic E-state index is 12.7. The Labute approximate surface area is 135 Å². The molecular weight excluding hydrogens is 326 g/mol. The standard InChI is InChI=1S/C14H20ClN3O3S/c15-11-8-16-14(17-9-11)21-12-6-7-18(10-12)22(19,20)13-4-2-1-3-5-13/h8-9,12-13H,1-7,10H2/t12-/m0/s1. The van der Waals surface area contributed by atoms with Gasteiger partial charge < -0.3 is 4.74 Å². The third-order valence-electron chi connectivity index (χ3n) is 4.31. The second-order valence-electron chi connectivity index (χ2n) is 5.88. The number of ether oxygens (including phenoxy) is 1. The van der Waals surface area contributed by atoms with Crippen molar-refractivity contribution in [3.05, 3.63) is 17.4 Å². The molecule has 2 heterocycles. The summed E-state index contributed by atoms with van der Waals surface area (Å²) < 4.78 is 32.5. The van der Waals surface area contributed by atoms with Crippen molar-refractivity contribution in [3.63, 3.8) is 0 Å². The summed E-state index contributed by atoms with van der Waals surface area (Å²) in [7, 11) is -3.20. The molecular formula is C14H20ClN3O3S. The van der Waals surface area contributed by atoms with Gasteiger partial charge in [0.1, 0.15) is 6.10 Å². The van der Waals surface area contributed by atoms with Crippen molar-refractivity contribution in [1.82, 2.24) is 14.3 Å². The lowest BCUT2D eigenvalue weighted by molar-refractivity contribution is 0.197. The minimum absolute atomic E-state index is 0.195. The molecule has 6 nitrogen and oxygen atoms in total. The van der Waals surface area contributed by atoms with Crippen molar-refractivity contribution in [2.75, 3.05) is 13.1 Å². The maximum Gasteiger partial charge on any atom is 0.316 e. The molecule has 22 heavy (non-hydrogen) atoms. The van der Waals surface area contributed by atoms with Gasteiger partial charge in [0.2, 0.25) is 10.0 Å². The van der Waals surface area contributed by atoms with Gasteiger partial charge in [-0.2, -0.15) is 4.31 Å². The quantitative estimate of drug-likeness (QED) is 0.836. The second kappa shape index (κ2) is 6.68. The van der Waals surface area contributed by atoms with Crippen LogP contribution in [-0.2, 0) is 10.0 Å². The van der Waals surface area contributed by atoms with Crippen LogP contribution < -0.4 is 4.74 Å². The van der Waals surface area contributed by atoms with Crippen molar-refractivity contribution in [2.24, 2.45) is 0 Å². The Hall–Kier alpha value is -0.920. The topological polar surface area (TPSA) is 72.4 Å². The summed E-state index contributed by atoms with van der Waals surface area (Å²) in [5.41, 5.74) is 0. The Kier molecular flexibility index (Phi) is 4.84. The molecule has 0 spiro atoms. The van der Waals surface area contributed by atoms with Gasteiger partial charge in [-0.3, -0.25) is 0 Å². The van der Waals surface area contributed by atoms with Crippen molar-refractivity contribution >= 4 is 21.6 Å². The zero-order chi connectivity index (χ0) is 15.6. The van der Waals surface area contributed by atoms with Crippen molar-refractivity contribution in [2.45, 2.75) is 49.9 Å². The number of rotatable bonds is 4. The minimum Gasteiger partial charge on any atom is -0.459 e. The van der Waals surface area contributed by atoms with E-state index in [0.717, 1.165) is 32.1 Å². The number of hydrogen-bond acceptors (Lipinski definition) is 5. The summed E-state index contributed by atoms with van der Waals surface area (Å²) in [6, 6.07) is 0.242. The van der Waals surface area contributed by atoms with E-state index in [1.807, 2.05) is 0 Å². The summed E-state index contributed by atoms with van der Waals surface area (Å²) in [4.78, 5) is 7.97. The fourth-order valence-corrected chi connectivity index (χ4v) is 5.29. The molecule has 1 aliphatic heterocycles. The van der Waals surface area contributed by atoms with Crippen LogP contribution in [-0.4, -0.2) is 47.1 Å². The number of sulfonamides is 1. The van der Waals surface area contributed by atoms with Gasteiger partial charge in [-0.15, -0.1) is 0 Å². The summed E-state index contributed by atoms with van der Waals surface area (Å²) in [6.45, 7) is 0.891. The van der Waals surface area contributed by atoms with Crippen molar-refractivity contribution in [1.29, 1.82) is 0 Å². The zero-order valence-electron chi connectivity index (χ0n) is 12.3. The normalized spacial score (nSPS) is 24.5. The highest BCUT2D eigenvalue weighted by Gasteiger charge is 2.38. The van der Waals surface area contributed by atoms with Gasteiger partial charge in [-0.05, 0) is 19.3 Å². The molecule has 122 valence electrons. The lowest BCUT2D eigenvalue weighted by Crippen LogP contribution is -2.39. The Bertz CT molecular complexity index is 602. The molecule has 2 aliphatic rings. The molecule has 1 saturated carbocycles. The number of aromatic nitrogens is 2. The predicted octanol–water partition coefficient (Wildman–Crippen LogP) is 2.25. The van der Waals surface area contributed by atoms with Crippen LogP contribution in [0.1, 0.15) is 38.5 Å². The molecule has 3 rings (SSSR count). The van der Waals surface area contributed by atoms with Crippen LogP contribution in [0, 0.1) is 0 Å². The highest BCUT2D eigenvalue weighted by Crippen LogP contribution is 2.28. The van der Waals surface area contributed by atoms with Crippen LogP contribution in [0.2, 0.25) is 5.02 Å². The first-order chi connectivity index (χ1) is 10.6. The first-order valence-corrected chi connectivity index (χ1v) is 9.57. The van der Waals surface area contributed by atoms with E-state index in [1.54, 1.807) is 4.31 Å². The SMILES string of the molecule is O=S(=O)(C1CCCCC1)N1CC[C@H](Oc2ncc(Cl)cn2)C1. The van der Waals surface area contributed by atoms with Gasteiger partial charge in [0, 0.05) is 6.54 Å².